The van der Waals surface area contributed by atoms with Crippen LogP contribution in [0.5, 0.6) is 0 Å². The molecule has 0 bridgehead atoms. The highest BCUT2D eigenvalue weighted by Crippen LogP contribution is 1.93. The summed E-state index contributed by atoms with van der Waals surface area (Å²) in [5.74, 6) is 4.55. The molecular formula is C5H12N2O2. The number of nitrogens with two attached hydrogens (primary N) is 1. The first kappa shape index (κ1) is 8.39. The summed E-state index contributed by atoms with van der Waals surface area (Å²) in [6, 6.07) is 0. The van der Waals surface area contributed by atoms with Crippen molar-refractivity contribution in [3.63, 3.8) is 0 Å². The van der Waals surface area contributed by atoms with E-state index < -0.39 is 0 Å². The number of hydrazine groups is 1. The van der Waals surface area contributed by atoms with Crippen molar-refractivity contribution in [2.24, 2.45) is 11.8 Å². The predicted octanol–water partition coefficient (Wildman–Crippen LogP) is -0.741. The Bertz CT molecular complexity index is 95.0. The van der Waals surface area contributed by atoms with Gasteiger partial charge in [-0.15, -0.1) is 0 Å². The first-order valence-corrected chi connectivity index (χ1v) is 2.73. The lowest BCUT2D eigenvalue weighted by atomic mass is 10.2. The van der Waals surface area contributed by atoms with Gasteiger partial charge < -0.3 is 4.74 Å². The van der Waals surface area contributed by atoms with Gasteiger partial charge in [-0.1, -0.05) is 6.92 Å². The molecular weight excluding hydrogens is 120 g/mol. The maximum Gasteiger partial charge on any atom is 0.309 e. The second-order valence-corrected chi connectivity index (χ2v) is 1.83. The molecule has 0 amide bonds. The van der Waals surface area contributed by atoms with Crippen LogP contribution in [0.2, 0.25) is 0 Å². The second kappa shape index (κ2) is 4.29. The van der Waals surface area contributed by atoms with Crippen LogP contribution in [0.25, 0.3) is 0 Å². The third-order valence-corrected chi connectivity index (χ3v) is 1.03. The second-order valence-electron chi connectivity index (χ2n) is 1.83. The maximum absolute atomic E-state index is 10.6. The van der Waals surface area contributed by atoms with Crippen LogP contribution in [0.15, 0.2) is 0 Å². The average molecular weight is 132 g/mol. The van der Waals surface area contributed by atoms with Crippen molar-refractivity contribution in [3.8, 4) is 0 Å². The summed E-state index contributed by atoms with van der Waals surface area (Å²) in [7, 11) is 1.36. The molecule has 3 N–H and O–H groups in total. The van der Waals surface area contributed by atoms with Crippen molar-refractivity contribution in [1.82, 2.24) is 5.43 Å². The molecule has 0 aliphatic carbocycles. The summed E-state index contributed by atoms with van der Waals surface area (Å²) >= 11 is 0. The van der Waals surface area contributed by atoms with Gasteiger partial charge in [0.25, 0.3) is 0 Å². The number of rotatable bonds is 3. The Labute approximate surface area is 54.3 Å². The molecule has 4 nitrogen and oxygen atoms in total. The number of methoxy groups -OCH3 is 1. The minimum absolute atomic E-state index is 0.167. The molecule has 0 rings (SSSR count). The van der Waals surface area contributed by atoms with Gasteiger partial charge in [-0.3, -0.25) is 16.1 Å². The molecule has 9 heavy (non-hydrogen) atoms. The molecule has 0 aromatic rings. The highest BCUT2D eigenvalue weighted by Gasteiger charge is 2.10. The SMILES string of the molecule is COC(=O)C(C)CNN. The van der Waals surface area contributed by atoms with Gasteiger partial charge in [-0.25, -0.2) is 0 Å². The van der Waals surface area contributed by atoms with Gasteiger partial charge in [0.15, 0.2) is 0 Å². The van der Waals surface area contributed by atoms with Gasteiger partial charge in [-0.2, -0.15) is 0 Å². The molecule has 0 saturated heterocycles. The lowest BCUT2D eigenvalue weighted by Gasteiger charge is -2.05. The summed E-state index contributed by atoms with van der Waals surface area (Å²) in [4.78, 5) is 10.6. The fourth-order valence-electron chi connectivity index (χ4n) is 0.461. The molecule has 1 unspecified atom stereocenters. The smallest absolute Gasteiger partial charge is 0.309 e. The van der Waals surface area contributed by atoms with Crippen molar-refractivity contribution < 1.29 is 9.53 Å². The Morgan fingerprint density at radius 1 is 1.89 bits per heavy atom. The number of ether oxygens (including phenoxy) is 1. The maximum atomic E-state index is 10.6. The third-order valence-electron chi connectivity index (χ3n) is 1.03. The number of carbonyl (C=O) groups excluding carboxylic acids is 1. The van der Waals surface area contributed by atoms with Crippen molar-refractivity contribution in [2.75, 3.05) is 13.7 Å². The van der Waals surface area contributed by atoms with E-state index in [9.17, 15) is 4.79 Å². The van der Waals surface area contributed by atoms with Gasteiger partial charge in [-0.05, 0) is 0 Å². The summed E-state index contributed by atoms with van der Waals surface area (Å²) in [6.45, 7) is 2.19. The highest BCUT2D eigenvalue weighted by atomic mass is 16.5. The average Bonchev–Trinajstić information content (AvgIpc) is 1.87. The van der Waals surface area contributed by atoms with Crippen molar-refractivity contribution >= 4 is 5.97 Å². The van der Waals surface area contributed by atoms with Gasteiger partial charge in [0.1, 0.15) is 0 Å². The standard InChI is InChI=1S/C5H12N2O2/c1-4(3-7-6)5(8)9-2/h4,7H,3,6H2,1-2H3. The highest BCUT2D eigenvalue weighted by molar-refractivity contribution is 5.71. The summed E-state index contributed by atoms with van der Waals surface area (Å²) in [5, 5.41) is 0. The van der Waals surface area contributed by atoms with Crippen molar-refractivity contribution in [1.29, 1.82) is 0 Å². The van der Waals surface area contributed by atoms with E-state index in [0.717, 1.165) is 0 Å². The molecule has 0 aliphatic heterocycles. The normalized spacial score (nSPS) is 12.8. The zero-order valence-corrected chi connectivity index (χ0v) is 5.68. The van der Waals surface area contributed by atoms with E-state index in [1.165, 1.54) is 7.11 Å². The van der Waals surface area contributed by atoms with Crippen LogP contribution in [0.3, 0.4) is 0 Å². The van der Waals surface area contributed by atoms with Crippen LogP contribution in [-0.2, 0) is 9.53 Å². The lowest BCUT2D eigenvalue weighted by molar-refractivity contribution is -0.144. The van der Waals surface area contributed by atoms with Crippen LogP contribution in [0, 0.1) is 5.92 Å². The first-order chi connectivity index (χ1) is 4.22. The quantitative estimate of drug-likeness (QED) is 0.301. The fourth-order valence-corrected chi connectivity index (χ4v) is 0.461. The van der Waals surface area contributed by atoms with Gasteiger partial charge in [0.05, 0.1) is 13.0 Å². The van der Waals surface area contributed by atoms with Crippen LogP contribution < -0.4 is 11.3 Å². The Morgan fingerprint density at radius 3 is 2.78 bits per heavy atom. The molecule has 0 saturated carbocycles. The van der Waals surface area contributed by atoms with E-state index >= 15 is 0 Å². The van der Waals surface area contributed by atoms with Gasteiger partial charge in [0.2, 0.25) is 0 Å². The fraction of sp³-hybridized carbons (Fsp3) is 0.800. The Hall–Kier alpha value is -0.610. The Balaban J connectivity index is 3.45. The minimum atomic E-state index is -0.243. The molecule has 0 spiro atoms. The minimum Gasteiger partial charge on any atom is -0.469 e. The molecule has 0 aliphatic rings. The number of esters is 1. The Kier molecular flexibility index (Phi) is 4.00. The monoisotopic (exact) mass is 132 g/mol. The summed E-state index contributed by atoms with van der Waals surface area (Å²) in [5.41, 5.74) is 2.38. The molecule has 0 heterocycles. The molecule has 0 aromatic carbocycles. The van der Waals surface area contributed by atoms with E-state index in [1.807, 2.05) is 0 Å². The third kappa shape index (κ3) is 3.05. The predicted molar refractivity (Wildman–Crippen MR) is 33.4 cm³/mol. The van der Waals surface area contributed by atoms with Crippen LogP contribution in [0.4, 0.5) is 0 Å². The number of nitrogens with one attached hydrogen (secondary N) is 1. The molecule has 0 aromatic heterocycles. The molecule has 0 radical (unpaired) electrons. The van der Waals surface area contributed by atoms with Gasteiger partial charge >= 0.3 is 5.97 Å². The van der Waals surface area contributed by atoms with Crippen LogP contribution in [0.1, 0.15) is 6.92 Å². The van der Waals surface area contributed by atoms with Crippen LogP contribution in [-0.4, -0.2) is 19.6 Å². The molecule has 0 fully saturated rings. The molecule has 54 valence electrons. The first-order valence-electron chi connectivity index (χ1n) is 2.73. The van der Waals surface area contributed by atoms with E-state index in [4.69, 9.17) is 5.84 Å². The zero-order chi connectivity index (χ0) is 7.28. The Morgan fingerprint density at radius 2 is 2.44 bits per heavy atom. The number of hydrogen-bond acceptors (Lipinski definition) is 4. The van der Waals surface area contributed by atoms with Crippen molar-refractivity contribution in [3.05, 3.63) is 0 Å². The zero-order valence-electron chi connectivity index (χ0n) is 5.68. The van der Waals surface area contributed by atoms with E-state index in [0.29, 0.717) is 6.54 Å². The number of hydrogen-bond donors (Lipinski definition) is 2. The van der Waals surface area contributed by atoms with E-state index in [-0.39, 0.29) is 11.9 Å². The van der Waals surface area contributed by atoms with Crippen molar-refractivity contribution in [2.45, 2.75) is 6.92 Å². The van der Waals surface area contributed by atoms with Gasteiger partial charge in [0, 0.05) is 6.54 Å². The van der Waals surface area contributed by atoms with E-state index in [2.05, 4.69) is 10.2 Å². The number of carbonyl (C=O) groups is 1. The lowest BCUT2D eigenvalue weighted by Crippen LogP contribution is -2.31. The molecule has 1 atom stereocenters. The topological polar surface area (TPSA) is 64.3 Å². The van der Waals surface area contributed by atoms with E-state index in [1.54, 1.807) is 6.92 Å². The van der Waals surface area contributed by atoms with Crippen LogP contribution >= 0.6 is 0 Å². The largest absolute Gasteiger partial charge is 0.469 e. The summed E-state index contributed by atoms with van der Waals surface area (Å²) in [6.07, 6.45) is 0. The molecule has 4 heteroatoms. The summed E-state index contributed by atoms with van der Waals surface area (Å²) < 4.78 is 4.43.